The molecule has 2 N–H and O–H groups in total. The molecule has 0 aromatic rings. The second-order valence-corrected chi connectivity index (χ2v) is 1.36. The summed E-state index contributed by atoms with van der Waals surface area (Å²) < 4.78 is 14.9. The molecule has 5 nitrogen and oxygen atoms in total. The molecule has 0 aliphatic heterocycles. The van der Waals surface area contributed by atoms with Gasteiger partial charge in [-0.3, -0.25) is 0 Å². The summed E-state index contributed by atoms with van der Waals surface area (Å²) in [5, 5.41) is 7.60. The number of carboxylic acids is 1. The van der Waals surface area contributed by atoms with E-state index in [0.717, 1.165) is 11.6 Å². The number of hydrogen-bond donors (Lipinski definition) is 2. The highest BCUT2D eigenvalue weighted by atomic mass is 19.2. The van der Waals surface area contributed by atoms with Crippen LogP contribution in [0.15, 0.2) is 12.7 Å². The maximum absolute atomic E-state index is 10.8. The van der Waals surface area contributed by atoms with Gasteiger partial charge in [-0.1, -0.05) is 11.1 Å². The summed E-state index contributed by atoms with van der Waals surface area (Å²) in [6, 6.07) is 0. The number of carbonyl (C=O) groups is 2. The zero-order chi connectivity index (χ0) is 9.98. The van der Waals surface area contributed by atoms with Crippen molar-refractivity contribution in [3.8, 4) is 0 Å². The Bertz CT molecular complexity index is 160. The Morgan fingerprint density at radius 1 is 1.75 bits per heavy atom. The fraction of sp³-hybridized carbons (Fsp3) is 0.333. The fourth-order valence-electron chi connectivity index (χ4n) is 0.158. The lowest BCUT2D eigenvalue weighted by atomic mass is 10.7. The van der Waals surface area contributed by atoms with E-state index in [1.807, 2.05) is 0 Å². The summed E-state index contributed by atoms with van der Waals surface area (Å²) in [5.41, 5.74) is 0.805. The third kappa shape index (κ3) is 15.8. The second-order valence-electron chi connectivity index (χ2n) is 1.36. The topological polar surface area (TPSA) is 75.6 Å². The van der Waals surface area contributed by atoms with Crippen LogP contribution in [0.2, 0.25) is 0 Å². The van der Waals surface area contributed by atoms with Crippen LogP contribution >= 0.6 is 0 Å². The molecule has 0 aromatic carbocycles. The monoisotopic (exact) mass is 179 g/mol. The van der Waals surface area contributed by atoms with Gasteiger partial charge in [0.25, 0.3) is 0 Å². The molecule has 70 valence electrons. The molecule has 0 saturated carbocycles. The number of aliphatic carboxylic acids is 1. The highest BCUT2D eigenvalue weighted by Crippen LogP contribution is 1.72. The van der Waals surface area contributed by atoms with Gasteiger partial charge in [0.1, 0.15) is 0 Å². The van der Waals surface area contributed by atoms with Gasteiger partial charge in [0.15, 0.2) is 0 Å². The minimum atomic E-state index is -1.04. The van der Waals surface area contributed by atoms with Gasteiger partial charge in [-0.15, -0.1) is 0 Å². The molecule has 0 rings (SSSR count). The second kappa shape index (κ2) is 9.41. The summed E-state index contributed by atoms with van der Waals surface area (Å²) in [7, 11) is 0. The van der Waals surface area contributed by atoms with Crippen LogP contribution in [0.1, 0.15) is 6.92 Å². The fourth-order valence-corrected chi connectivity index (χ4v) is 0.158. The average Bonchev–Trinajstić information content (AvgIpc) is 2.06. The molecule has 0 saturated heterocycles. The van der Waals surface area contributed by atoms with E-state index in [1.54, 1.807) is 6.92 Å². The van der Waals surface area contributed by atoms with Gasteiger partial charge >= 0.3 is 12.1 Å². The van der Waals surface area contributed by atoms with Crippen LogP contribution in [0, 0.1) is 0 Å². The number of hydrogen-bond acceptors (Lipinski definition) is 3. The van der Waals surface area contributed by atoms with E-state index in [0.29, 0.717) is 0 Å². The molecule has 0 fully saturated rings. The van der Waals surface area contributed by atoms with Crippen LogP contribution in [0.25, 0.3) is 0 Å². The van der Waals surface area contributed by atoms with Crippen molar-refractivity contribution in [3.05, 3.63) is 12.7 Å². The normalized spacial score (nSPS) is 7.17. The highest BCUT2D eigenvalue weighted by molar-refractivity contribution is 5.78. The van der Waals surface area contributed by atoms with Crippen molar-refractivity contribution >= 4 is 12.1 Å². The van der Waals surface area contributed by atoms with Gasteiger partial charge in [0, 0.05) is 6.08 Å². The number of carbonyl (C=O) groups excluding carboxylic acids is 1. The van der Waals surface area contributed by atoms with Crippen molar-refractivity contribution in [1.82, 2.24) is 5.54 Å². The Hall–Kier alpha value is -1.59. The van der Waals surface area contributed by atoms with Crippen molar-refractivity contribution in [2.24, 2.45) is 0 Å². The van der Waals surface area contributed by atoms with Crippen molar-refractivity contribution in [2.75, 3.05) is 6.61 Å². The lowest BCUT2D eigenvalue weighted by Gasteiger charge is -1.92. The Balaban J connectivity index is 0. The maximum atomic E-state index is 10.8. The van der Waals surface area contributed by atoms with Crippen molar-refractivity contribution in [3.63, 3.8) is 0 Å². The molecule has 0 atom stereocenters. The number of nitrogens with one attached hydrogen (secondary N) is 1. The molecule has 0 aromatic heterocycles. The van der Waals surface area contributed by atoms with E-state index in [-0.39, 0.29) is 6.61 Å². The predicted octanol–water partition coefficient (Wildman–Crippen LogP) is 0.874. The predicted molar refractivity (Wildman–Crippen MR) is 39.1 cm³/mol. The lowest BCUT2D eigenvalue weighted by Crippen LogP contribution is -2.14. The van der Waals surface area contributed by atoms with Gasteiger partial charge in [-0.2, -0.15) is 5.54 Å². The molecular formula is C6H10FNO4. The standard InChI is InChI=1S/C3H6FNO2.C3H4O2/c1-2-7-3(6)5-4;1-2-3(4)5/h2H2,1H3,(H,5,6);2H,1H2,(H,4,5). The molecule has 0 unspecified atom stereocenters. The first kappa shape index (κ1) is 13.0. The third-order valence-corrected chi connectivity index (χ3v) is 0.527. The molecule has 6 heteroatoms. The number of rotatable bonds is 2. The zero-order valence-corrected chi connectivity index (χ0v) is 6.54. The smallest absolute Gasteiger partial charge is 0.435 e. The van der Waals surface area contributed by atoms with E-state index in [9.17, 15) is 14.1 Å². The number of ether oxygens (including phenoxy) is 1. The summed E-state index contributed by atoms with van der Waals surface area (Å²) in [6.07, 6.45) is -0.206. The number of amides is 1. The molecule has 1 amide bonds. The Kier molecular flexibility index (Phi) is 10.2. The first-order chi connectivity index (χ1) is 5.58. The summed E-state index contributed by atoms with van der Waals surface area (Å²) in [6.45, 7) is 4.74. The summed E-state index contributed by atoms with van der Waals surface area (Å²) in [4.78, 5) is 19.0. The van der Waals surface area contributed by atoms with E-state index in [2.05, 4.69) is 11.3 Å². The summed E-state index contributed by atoms with van der Waals surface area (Å²) >= 11 is 0. The van der Waals surface area contributed by atoms with Crippen molar-refractivity contribution in [1.29, 1.82) is 0 Å². The van der Waals surface area contributed by atoms with Crippen LogP contribution < -0.4 is 5.54 Å². The largest absolute Gasteiger partial charge is 0.478 e. The Morgan fingerprint density at radius 3 is 2.25 bits per heavy atom. The molecule has 0 heterocycles. The Labute approximate surface area is 68.8 Å². The van der Waals surface area contributed by atoms with Crippen LogP contribution in [0.5, 0.6) is 0 Å². The average molecular weight is 179 g/mol. The number of halogens is 1. The molecule has 12 heavy (non-hydrogen) atoms. The first-order valence-corrected chi connectivity index (χ1v) is 2.97. The quantitative estimate of drug-likeness (QED) is 0.487. The number of carboxylic acid groups (broad SMARTS) is 1. The van der Waals surface area contributed by atoms with Crippen LogP contribution in [0.3, 0.4) is 0 Å². The van der Waals surface area contributed by atoms with Crippen molar-refractivity contribution < 1.29 is 23.9 Å². The minimum absolute atomic E-state index is 0.190. The third-order valence-electron chi connectivity index (χ3n) is 0.527. The van der Waals surface area contributed by atoms with E-state index in [1.165, 1.54) is 0 Å². The molecule has 0 aliphatic carbocycles. The minimum Gasteiger partial charge on any atom is -0.478 e. The summed E-state index contributed by atoms with van der Waals surface area (Å²) in [5.74, 6) is -0.981. The maximum Gasteiger partial charge on any atom is 0.435 e. The van der Waals surface area contributed by atoms with Gasteiger partial charge in [-0.25, -0.2) is 9.59 Å². The van der Waals surface area contributed by atoms with E-state index in [4.69, 9.17) is 5.11 Å². The highest BCUT2D eigenvalue weighted by Gasteiger charge is 1.92. The van der Waals surface area contributed by atoms with Gasteiger partial charge in [0.2, 0.25) is 0 Å². The lowest BCUT2D eigenvalue weighted by molar-refractivity contribution is -0.131. The molecular weight excluding hydrogens is 169 g/mol. The van der Waals surface area contributed by atoms with Gasteiger partial charge in [0.05, 0.1) is 6.61 Å². The van der Waals surface area contributed by atoms with Crippen molar-refractivity contribution in [2.45, 2.75) is 6.92 Å². The van der Waals surface area contributed by atoms with Gasteiger partial charge < -0.3 is 9.84 Å². The molecule has 0 radical (unpaired) electrons. The van der Waals surface area contributed by atoms with Crippen LogP contribution in [-0.2, 0) is 9.53 Å². The zero-order valence-electron chi connectivity index (χ0n) is 6.54. The van der Waals surface area contributed by atoms with Crippen LogP contribution in [0.4, 0.5) is 9.28 Å². The van der Waals surface area contributed by atoms with Crippen LogP contribution in [-0.4, -0.2) is 23.8 Å². The molecule has 0 aliphatic rings. The molecule has 0 spiro atoms. The van der Waals surface area contributed by atoms with E-state index < -0.39 is 12.1 Å². The van der Waals surface area contributed by atoms with E-state index >= 15 is 0 Å². The Morgan fingerprint density at radius 2 is 2.17 bits per heavy atom. The first-order valence-electron chi connectivity index (χ1n) is 2.97. The van der Waals surface area contributed by atoms with Gasteiger partial charge in [-0.05, 0) is 6.92 Å². The SMILES string of the molecule is C=CC(=O)O.CCOC(=O)NF. The molecule has 0 bridgehead atoms.